The molecule has 0 bridgehead atoms. The van der Waals surface area contributed by atoms with Crippen LogP contribution in [0.1, 0.15) is 16.1 Å². The van der Waals surface area contributed by atoms with Gasteiger partial charge in [-0.25, -0.2) is 14.8 Å². The molecule has 0 amide bonds. The highest BCUT2D eigenvalue weighted by atomic mass is 16.5. The zero-order chi connectivity index (χ0) is 16.4. The first-order valence-electron chi connectivity index (χ1n) is 6.87. The second-order valence-electron chi connectivity index (χ2n) is 4.80. The van der Waals surface area contributed by atoms with Gasteiger partial charge in [-0.2, -0.15) is 0 Å². The van der Waals surface area contributed by atoms with Crippen molar-refractivity contribution in [1.29, 1.82) is 0 Å². The first kappa shape index (κ1) is 15.0. The van der Waals surface area contributed by atoms with E-state index in [0.29, 0.717) is 29.5 Å². The van der Waals surface area contributed by atoms with E-state index in [2.05, 4.69) is 14.7 Å². The molecule has 0 radical (unpaired) electrons. The summed E-state index contributed by atoms with van der Waals surface area (Å²) in [6, 6.07) is 5.51. The van der Waals surface area contributed by atoms with Gasteiger partial charge in [0.15, 0.2) is 17.2 Å². The van der Waals surface area contributed by atoms with Crippen molar-refractivity contribution in [2.45, 2.75) is 6.54 Å². The van der Waals surface area contributed by atoms with Gasteiger partial charge >= 0.3 is 5.97 Å². The number of hydrogen-bond acceptors (Lipinski definition) is 7. The number of nitrogens with zero attached hydrogens (tertiary/aromatic N) is 2. The minimum absolute atomic E-state index is 0.290. The minimum atomic E-state index is -0.480. The first-order chi connectivity index (χ1) is 11.2. The van der Waals surface area contributed by atoms with Gasteiger partial charge in [-0.15, -0.1) is 0 Å². The number of furan rings is 1. The van der Waals surface area contributed by atoms with E-state index < -0.39 is 5.97 Å². The van der Waals surface area contributed by atoms with Crippen LogP contribution in [-0.4, -0.2) is 30.2 Å². The van der Waals surface area contributed by atoms with Crippen LogP contribution in [0.2, 0.25) is 0 Å². The van der Waals surface area contributed by atoms with E-state index in [1.807, 2.05) is 12.1 Å². The summed E-state index contributed by atoms with van der Waals surface area (Å²) in [5.41, 5.74) is 7.27. The lowest BCUT2D eigenvalue weighted by molar-refractivity contribution is 0.0600. The molecule has 7 nitrogen and oxygen atoms in total. The Morgan fingerprint density at radius 3 is 2.57 bits per heavy atom. The third-order valence-electron chi connectivity index (χ3n) is 3.39. The van der Waals surface area contributed by atoms with Gasteiger partial charge in [0.2, 0.25) is 0 Å². The summed E-state index contributed by atoms with van der Waals surface area (Å²) >= 11 is 0. The first-order valence-corrected chi connectivity index (χ1v) is 6.87. The number of methoxy groups -OCH3 is 2. The number of hydrogen-bond donors (Lipinski definition) is 1. The van der Waals surface area contributed by atoms with Crippen LogP contribution in [0.3, 0.4) is 0 Å². The zero-order valence-electron chi connectivity index (χ0n) is 12.7. The number of esters is 1. The number of rotatable bonds is 4. The molecule has 3 rings (SSSR count). The normalized spacial score (nSPS) is 10.7. The Kier molecular flexibility index (Phi) is 3.94. The monoisotopic (exact) mass is 313 g/mol. The second kappa shape index (κ2) is 6.05. The molecule has 118 valence electrons. The van der Waals surface area contributed by atoms with E-state index in [1.54, 1.807) is 13.2 Å². The number of benzene rings is 1. The van der Waals surface area contributed by atoms with E-state index in [4.69, 9.17) is 14.9 Å². The van der Waals surface area contributed by atoms with Crippen molar-refractivity contribution in [3.63, 3.8) is 0 Å². The van der Waals surface area contributed by atoms with Crippen molar-refractivity contribution < 1.29 is 18.7 Å². The van der Waals surface area contributed by atoms with Crippen LogP contribution in [0.15, 0.2) is 35.0 Å². The van der Waals surface area contributed by atoms with Crippen molar-refractivity contribution >= 4 is 16.9 Å². The number of nitrogens with two attached hydrogens (primary N) is 1. The number of fused-ring (bicyclic) bond motifs is 1. The van der Waals surface area contributed by atoms with Gasteiger partial charge in [0.1, 0.15) is 5.76 Å². The molecule has 7 heteroatoms. The highest BCUT2D eigenvalue weighted by Crippen LogP contribution is 2.33. The second-order valence-corrected chi connectivity index (χ2v) is 4.80. The summed E-state index contributed by atoms with van der Waals surface area (Å²) in [4.78, 5) is 19.8. The fourth-order valence-corrected chi connectivity index (χ4v) is 2.26. The summed E-state index contributed by atoms with van der Waals surface area (Å²) < 4.78 is 15.6. The summed E-state index contributed by atoms with van der Waals surface area (Å²) in [6.45, 7) is 0.303. The molecular formula is C16H15N3O4. The van der Waals surface area contributed by atoms with Gasteiger partial charge in [-0.05, 0) is 18.2 Å². The van der Waals surface area contributed by atoms with Crippen LogP contribution in [0.25, 0.3) is 22.4 Å². The van der Waals surface area contributed by atoms with E-state index >= 15 is 0 Å². The Bertz CT molecular complexity index is 856. The van der Waals surface area contributed by atoms with Gasteiger partial charge in [0.25, 0.3) is 0 Å². The number of carbonyl (C=O) groups excluding carboxylic acids is 1. The third kappa shape index (κ3) is 2.74. The Morgan fingerprint density at radius 2 is 1.96 bits per heavy atom. The van der Waals surface area contributed by atoms with Gasteiger partial charge in [0, 0.05) is 23.3 Å². The predicted molar refractivity (Wildman–Crippen MR) is 83.0 cm³/mol. The minimum Gasteiger partial charge on any atom is -0.493 e. The van der Waals surface area contributed by atoms with Gasteiger partial charge < -0.3 is 19.6 Å². The Balaban J connectivity index is 2.07. The molecule has 0 aliphatic heterocycles. The topological polar surface area (TPSA) is 100 Å². The van der Waals surface area contributed by atoms with Gasteiger partial charge in [-0.1, -0.05) is 0 Å². The lowest BCUT2D eigenvalue weighted by atomic mass is 10.1. The SMILES string of the molecule is COC(=O)c1cnc(-c2cc(OC)c3oc(CN)cc3c2)nc1. The molecule has 23 heavy (non-hydrogen) atoms. The highest BCUT2D eigenvalue weighted by molar-refractivity contribution is 5.90. The Morgan fingerprint density at radius 1 is 1.22 bits per heavy atom. The fraction of sp³-hybridized carbons (Fsp3) is 0.188. The molecule has 2 aromatic heterocycles. The quantitative estimate of drug-likeness (QED) is 0.736. The molecule has 0 aliphatic carbocycles. The van der Waals surface area contributed by atoms with Crippen LogP contribution >= 0.6 is 0 Å². The summed E-state index contributed by atoms with van der Waals surface area (Å²) in [5.74, 6) is 1.22. The molecule has 0 atom stereocenters. The summed E-state index contributed by atoms with van der Waals surface area (Å²) in [5, 5.41) is 0.848. The molecule has 3 aromatic rings. The maximum Gasteiger partial charge on any atom is 0.341 e. The zero-order valence-corrected chi connectivity index (χ0v) is 12.7. The lowest BCUT2D eigenvalue weighted by Gasteiger charge is -2.05. The smallest absolute Gasteiger partial charge is 0.341 e. The number of ether oxygens (including phenoxy) is 2. The molecule has 0 saturated heterocycles. The van der Waals surface area contributed by atoms with E-state index in [0.717, 1.165) is 10.9 Å². The van der Waals surface area contributed by atoms with E-state index in [9.17, 15) is 4.79 Å². The number of aromatic nitrogens is 2. The van der Waals surface area contributed by atoms with Crippen LogP contribution in [0.5, 0.6) is 5.75 Å². The number of carbonyl (C=O) groups is 1. The Hall–Kier alpha value is -2.93. The van der Waals surface area contributed by atoms with Crippen LogP contribution in [-0.2, 0) is 11.3 Å². The third-order valence-corrected chi connectivity index (χ3v) is 3.39. The Labute approximate surface area is 132 Å². The predicted octanol–water partition coefficient (Wildman–Crippen LogP) is 2.14. The fourth-order valence-electron chi connectivity index (χ4n) is 2.26. The van der Waals surface area contributed by atoms with Crippen LogP contribution in [0.4, 0.5) is 0 Å². The van der Waals surface area contributed by atoms with Crippen molar-refractivity contribution in [2.75, 3.05) is 14.2 Å². The summed E-state index contributed by atoms with van der Waals surface area (Å²) in [7, 11) is 2.87. The highest BCUT2D eigenvalue weighted by Gasteiger charge is 2.14. The van der Waals surface area contributed by atoms with E-state index in [-0.39, 0.29) is 5.56 Å². The average molecular weight is 313 g/mol. The molecular weight excluding hydrogens is 298 g/mol. The van der Waals surface area contributed by atoms with E-state index in [1.165, 1.54) is 19.5 Å². The standard InChI is InChI=1S/C16H15N3O4/c1-21-13-5-10(3-9-4-12(6-17)23-14(9)13)15-18-7-11(8-19-15)16(20)22-2/h3-5,7-8H,6,17H2,1-2H3. The van der Waals surface area contributed by atoms with Gasteiger partial charge in [0.05, 0.1) is 26.3 Å². The van der Waals surface area contributed by atoms with Crippen molar-refractivity contribution in [3.05, 3.63) is 41.9 Å². The van der Waals surface area contributed by atoms with Crippen molar-refractivity contribution in [1.82, 2.24) is 9.97 Å². The van der Waals surface area contributed by atoms with Crippen molar-refractivity contribution in [2.24, 2.45) is 5.73 Å². The average Bonchev–Trinajstić information content (AvgIpc) is 3.03. The molecule has 2 heterocycles. The molecule has 0 saturated carbocycles. The maximum absolute atomic E-state index is 11.4. The van der Waals surface area contributed by atoms with Crippen LogP contribution < -0.4 is 10.5 Å². The molecule has 1 aromatic carbocycles. The summed E-state index contributed by atoms with van der Waals surface area (Å²) in [6.07, 6.45) is 2.84. The maximum atomic E-state index is 11.4. The molecule has 0 spiro atoms. The largest absolute Gasteiger partial charge is 0.493 e. The lowest BCUT2D eigenvalue weighted by Crippen LogP contribution is -2.03. The molecule has 0 fully saturated rings. The molecule has 0 aliphatic rings. The molecule has 0 unspecified atom stereocenters. The van der Waals surface area contributed by atoms with Crippen molar-refractivity contribution in [3.8, 4) is 17.1 Å². The molecule has 2 N–H and O–H groups in total. The van der Waals surface area contributed by atoms with Crippen LogP contribution in [0, 0.1) is 0 Å². The van der Waals surface area contributed by atoms with Gasteiger partial charge in [-0.3, -0.25) is 0 Å².